The van der Waals surface area contributed by atoms with Gasteiger partial charge in [-0.15, -0.1) is 0 Å². The van der Waals surface area contributed by atoms with Crippen LogP contribution in [0.1, 0.15) is 35.9 Å². The van der Waals surface area contributed by atoms with Crippen LogP contribution in [-0.2, 0) is 4.74 Å². The van der Waals surface area contributed by atoms with Crippen molar-refractivity contribution < 1.29 is 30.3 Å². The van der Waals surface area contributed by atoms with Crippen molar-refractivity contribution in [1.82, 2.24) is 19.5 Å². The van der Waals surface area contributed by atoms with Crippen LogP contribution in [0, 0.1) is 0 Å². The molecule has 6 N–H and O–H groups in total. The molecule has 11 heteroatoms. The lowest BCUT2D eigenvalue weighted by Gasteiger charge is -2.38. The molecule has 5 aromatic rings. The number of aromatic nitrogens is 4. The molecule has 0 spiro atoms. The number of nitrogens with one attached hydrogen (secondary N) is 1. The third-order valence-corrected chi connectivity index (χ3v) is 7.95. The van der Waals surface area contributed by atoms with E-state index < -0.39 is 42.8 Å². The fourth-order valence-electron chi connectivity index (χ4n) is 5.92. The second-order valence-electron chi connectivity index (χ2n) is 10.2. The van der Waals surface area contributed by atoms with Gasteiger partial charge in [0.05, 0.1) is 25.1 Å². The average molecular weight is 530 g/mol. The predicted octanol–water partition coefficient (Wildman–Crippen LogP) is 1.70. The molecule has 0 bridgehead atoms. The van der Waals surface area contributed by atoms with Crippen molar-refractivity contribution >= 4 is 38.5 Å². The maximum absolute atomic E-state index is 11.2. The van der Waals surface area contributed by atoms with E-state index >= 15 is 0 Å². The molecule has 11 nitrogen and oxygen atoms in total. The first-order chi connectivity index (χ1) is 18.9. The van der Waals surface area contributed by atoms with Gasteiger partial charge in [-0.3, -0.25) is 4.57 Å². The smallest absolute Gasteiger partial charge is 0.167 e. The number of hydrogen-bond acceptors (Lipinski definition) is 10. The Labute approximate surface area is 222 Å². The largest absolute Gasteiger partial charge is 0.394 e. The summed E-state index contributed by atoms with van der Waals surface area (Å²) in [7, 11) is 0. The lowest BCUT2D eigenvalue weighted by molar-refractivity contribution is -0.0766. The van der Waals surface area contributed by atoms with Crippen LogP contribution in [0.25, 0.3) is 32.7 Å². The Morgan fingerprint density at radius 1 is 0.923 bits per heavy atom. The van der Waals surface area contributed by atoms with Crippen LogP contribution < -0.4 is 5.32 Å². The number of aliphatic hydroxyl groups excluding tert-OH is 5. The molecule has 1 aliphatic heterocycles. The Balaban J connectivity index is 1.34. The molecule has 7 unspecified atom stereocenters. The molecular formula is C28H27N5O6. The summed E-state index contributed by atoms with van der Waals surface area (Å²) in [6.45, 7) is -0.303. The highest BCUT2D eigenvalue weighted by atomic mass is 16.5. The summed E-state index contributed by atoms with van der Waals surface area (Å²) in [6, 6.07) is 14.9. The topological polar surface area (TPSA) is 166 Å². The first-order valence-electron chi connectivity index (χ1n) is 12.8. The zero-order valence-electron chi connectivity index (χ0n) is 20.7. The molecule has 1 saturated heterocycles. The van der Waals surface area contributed by atoms with Gasteiger partial charge < -0.3 is 35.6 Å². The fraction of sp³-hybridized carbons (Fsp3) is 0.321. The van der Waals surface area contributed by atoms with Crippen LogP contribution in [0.4, 0.5) is 5.82 Å². The Hall–Kier alpha value is -3.71. The minimum atomic E-state index is -1.42. The SMILES string of the molecule is OCC1OC(n2cnc3c(NC4c5c(ccc6cc7ccccc7cc56)C(O)C(O)C4O)ncnc32)CC1O. The Morgan fingerprint density at radius 2 is 1.72 bits per heavy atom. The zero-order valence-corrected chi connectivity index (χ0v) is 20.7. The van der Waals surface area contributed by atoms with Crippen molar-refractivity contribution in [3.05, 3.63) is 72.3 Å². The minimum Gasteiger partial charge on any atom is -0.394 e. The standard InChI is InChI=1S/C28H27N5O6/c34-10-19-18(35)9-20(39-19)33-12-31-23-27(29-11-30-28(23)33)32-22-21-16(24(36)26(38)25(22)37)6-5-15-7-13-3-1-2-4-14(13)8-17(15)21/h1-8,11-12,18-20,22,24-26,34-38H,9-10H2,(H,29,30,32). The summed E-state index contributed by atoms with van der Waals surface area (Å²) in [6.07, 6.45) is -2.97. The summed E-state index contributed by atoms with van der Waals surface area (Å²) in [5.41, 5.74) is 2.04. The number of fused-ring (bicyclic) bond motifs is 5. The van der Waals surface area contributed by atoms with E-state index in [1.54, 1.807) is 10.6 Å². The molecule has 0 amide bonds. The molecule has 1 aliphatic carbocycles. The maximum Gasteiger partial charge on any atom is 0.167 e. The molecule has 200 valence electrons. The van der Waals surface area contributed by atoms with Gasteiger partial charge in [0.2, 0.25) is 0 Å². The molecular weight excluding hydrogens is 502 g/mol. The zero-order chi connectivity index (χ0) is 26.8. The number of imidazole rings is 1. The number of aliphatic hydroxyl groups is 5. The first-order valence-corrected chi connectivity index (χ1v) is 12.8. The Morgan fingerprint density at radius 3 is 2.49 bits per heavy atom. The number of rotatable bonds is 4. The van der Waals surface area contributed by atoms with Crippen molar-refractivity contribution in [2.24, 2.45) is 0 Å². The van der Waals surface area contributed by atoms with Crippen molar-refractivity contribution in [2.45, 2.75) is 49.2 Å². The van der Waals surface area contributed by atoms with Crippen molar-refractivity contribution in [3.8, 4) is 0 Å². The Kier molecular flexibility index (Phi) is 5.74. The van der Waals surface area contributed by atoms with E-state index in [1.807, 2.05) is 36.4 Å². The molecule has 2 aromatic heterocycles. The van der Waals surface area contributed by atoms with Crippen LogP contribution in [0.5, 0.6) is 0 Å². The molecule has 3 aromatic carbocycles. The van der Waals surface area contributed by atoms with Gasteiger partial charge in [-0.2, -0.15) is 0 Å². The van der Waals surface area contributed by atoms with Gasteiger partial charge in [-0.05, 0) is 44.8 Å². The quantitative estimate of drug-likeness (QED) is 0.189. The Bertz CT molecular complexity index is 1710. The van der Waals surface area contributed by atoms with Gasteiger partial charge in [0, 0.05) is 6.42 Å². The molecule has 0 saturated carbocycles. The summed E-state index contributed by atoms with van der Waals surface area (Å²) in [5, 5.41) is 59.6. The molecule has 3 heterocycles. The molecule has 39 heavy (non-hydrogen) atoms. The van der Waals surface area contributed by atoms with E-state index in [0.29, 0.717) is 28.1 Å². The van der Waals surface area contributed by atoms with Crippen molar-refractivity contribution in [3.63, 3.8) is 0 Å². The van der Waals surface area contributed by atoms with Gasteiger partial charge in [0.1, 0.15) is 37.0 Å². The first kappa shape index (κ1) is 24.3. The van der Waals surface area contributed by atoms with Crippen LogP contribution in [0.15, 0.2) is 61.2 Å². The van der Waals surface area contributed by atoms with Crippen molar-refractivity contribution in [1.29, 1.82) is 0 Å². The van der Waals surface area contributed by atoms with Crippen LogP contribution >= 0.6 is 0 Å². The van der Waals surface area contributed by atoms with Crippen LogP contribution in [0.2, 0.25) is 0 Å². The summed E-state index contributed by atoms with van der Waals surface area (Å²) in [5.74, 6) is 0.326. The highest BCUT2D eigenvalue weighted by Crippen LogP contribution is 2.43. The second kappa shape index (κ2) is 9.19. The summed E-state index contributed by atoms with van der Waals surface area (Å²) < 4.78 is 7.45. The third-order valence-electron chi connectivity index (χ3n) is 7.95. The van der Waals surface area contributed by atoms with Crippen molar-refractivity contribution in [2.75, 3.05) is 11.9 Å². The second-order valence-corrected chi connectivity index (χ2v) is 10.2. The summed E-state index contributed by atoms with van der Waals surface area (Å²) in [4.78, 5) is 13.2. The monoisotopic (exact) mass is 529 g/mol. The van der Waals surface area contributed by atoms with Gasteiger partial charge in [0.15, 0.2) is 17.0 Å². The van der Waals surface area contributed by atoms with Gasteiger partial charge in [-0.25, -0.2) is 15.0 Å². The summed E-state index contributed by atoms with van der Waals surface area (Å²) >= 11 is 0. The highest BCUT2D eigenvalue weighted by Gasteiger charge is 2.42. The van der Waals surface area contributed by atoms with E-state index in [1.165, 1.54) is 12.7 Å². The van der Waals surface area contributed by atoms with E-state index in [2.05, 4.69) is 26.3 Å². The maximum atomic E-state index is 11.2. The van der Waals surface area contributed by atoms with E-state index in [4.69, 9.17) is 4.74 Å². The molecule has 7 atom stereocenters. The van der Waals surface area contributed by atoms with E-state index in [9.17, 15) is 25.5 Å². The number of benzene rings is 3. The molecule has 2 aliphatic rings. The van der Waals surface area contributed by atoms with E-state index in [-0.39, 0.29) is 13.0 Å². The number of nitrogens with zero attached hydrogens (tertiary/aromatic N) is 4. The van der Waals surface area contributed by atoms with Crippen LogP contribution in [-0.4, -0.2) is 76.1 Å². The number of anilines is 1. The fourth-order valence-corrected chi connectivity index (χ4v) is 5.92. The van der Waals surface area contributed by atoms with Gasteiger partial charge in [-0.1, -0.05) is 36.4 Å². The van der Waals surface area contributed by atoms with Gasteiger partial charge in [0.25, 0.3) is 0 Å². The van der Waals surface area contributed by atoms with Gasteiger partial charge >= 0.3 is 0 Å². The predicted molar refractivity (Wildman–Crippen MR) is 142 cm³/mol. The third kappa shape index (κ3) is 3.78. The molecule has 7 rings (SSSR count). The van der Waals surface area contributed by atoms with Crippen LogP contribution in [0.3, 0.4) is 0 Å². The molecule has 1 fully saturated rings. The van der Waals surface area contributed by atoms with E-state index in [0.717, 1.165) is 21.5 Å². The molecule has 0 radical (unpaired) electrons. The lowest BCUT2D eigenvalue weighted by Crippen LogP contribution is -2.44. The lowest BCUT2D eigenvalue weighted by atomic mass is 9.79. The average Bonchev–Trinajstić information content (AvgIpc) is 3.56. The number of hydrogen-bond donors (Lipinski definition) is 6. The minimum absolute atomic E-state index is 0.266. The highest BCUT2D eigenvalue weighted by molar-refractivity contribution is 6.00. The number of ether oxygens (including phenoxy) is 1. The normalized spacial score (nSPS) is 28.8.